The van der Waals surface area contributed by atoms with E-state index in [-0.39, 0.29) is 22.6 Å². The number of hydrogen-bond acceptors (Lipinski definition) is 5. The fraction of sp³-hybridized carbons (Fsp3) is 0.435. The molecule has 0 atom stereocenters. The molecule has 0 spiro atoms. The first-order valence-electron chi connectivity index (χ1n) is 10.2. The Hall–Kier alpha value is -2.67. The van der Waals surface area contributed by atoms with Gasteiger partial charge in [0.05, 0.1) is 11.3 Å². The average molecular weight is 448 g/mol. The summed E-state index contributed by atoms with van der Waals surface area (Å²) in [7, 11) is 0. The van der Waals surface area contributed by atoms with Gasteiger partial charge in [-0.1, -0.05) is 17.7 Å². The predicted molar refractivity (Wildman–Crippen MR) is 119 cm³/mol. The van der Waals surface area contributed by atoms with E-state index >= 15 is 0 Å². The van der Waals surface area contributed by atoms with Crippen LogP contribution in [0.2, 0.25) is 5.15 Å². The Bertz CT molecular complexity index is 963. The van der Waals surface area contributed by atoms with E-state index in [4.69, 9.17) is 16.3 Å². The van der Waals surface area contributed by atoms with Gasteiger partial charge < -0.3 is 15.0 Å². The number of halogens is 2. The summed E-state index contributed by atoms with van der Waals surface area (Å²) in [4.78, 5) is 30.1. The first kappa shape index (κ1) is 23.0. The van der Waals surface area contributed by atoms with E-state index in [0.29, 0.717) is 49.0 Å². The minimum absolute atomic E-state index is 0.0389. The number of nitrogens with zero attached hydrogens (tertiary/aromatic N) is 2. The number of alkyl carbamates (subject to hydrolysis) is 1. The maximum Gasteiger partial charge on any atom is 0.407 e. The topological polar surface area (TPSA) is 71.5 Å². The number of ether oxygens (including phenoxy) is 1. The molecule has 1 saturated heterocycles. The molecule has 1 aromatic carbocycles. The fourth-order valence-corrected chi connectivity index (χ4v) is 3.95. The van der Waals surface area contributed by atoms with E-state index in [0.717, 1.165) is 5.56 Å². The zero-order chi connectivity index (χ0) is 22.8. The predicted octanol–water partition coefficient (Wildman–Crippen LogP) is 5.16. The molecule has 0 saturated carbocycles. The second-order valence-corrected chi connectivity index (χ2v) is 9.13. The van der Waals surface area contributed by atoms with Crippen molar-refractivity contribution in [1.29, 1.82) is 0 Å². The number of amides is 1. The van der Waals surface area contributed by atoms with Gasteiger partial charge in [0.25, 0.3) is 0 Å². The van der Waals surface area contributed by atoms with Crippen LogP contribution in [0.1, 0.15) is 49.5 Å². The van der Waals surface area contributed by atoms with Crippen molar-refractivity contribution in [2.24, 2.45) is 0 Å². The van der Waals surface area contributed by atoms with Gasteiger partial charge in [0, 0.05) is 30.9 Å². The van der Waals surface area contributed by atoms with Crippen LogP contribution in [0, 0.1) is 12.7 Å². The molecule has 166 valence electrons. The summed E-state index contributed by atoms with van der Waals surface area (Å²) in [5, 5.41) is 3.01. The van der Waals surface area contributed by atoms with Crippen molar-refractivity contribution in [1.82, 2.24) is 10.3 Å². The Labute approximate surface area is 186 Å². The minimum Gasteiger partial charge on any atom is -0.444 e. The molecule has 1 aromatic heterocycles. The Morgan fingerprint density at radius 3 is 2.55 bits per heavy atom. The number of rotatable bonds is 4. The van der Waals surface area contributed by atoms with Crippen LogP contribution >= 0.6 is 11.6 Å². The highest BCUT2D eigenvalue weighted by atomic mass is 35.5. The lowest BCUT2D eigenvalue weighted by Crippen LogP contribution is -2.46. The van der Waals surface area contributed by atoms with Crippen molar-refractivity contribution in [3.05, 3.63) is 46.5 Å². The van der Waals surface area contributed by atoms with Crippen molar-refractivity contribution >= 4 is 29.7 Å². The zero-order valence-electron chi connectivity index (χ0n) is 18.2. The van der Waals surface area contributed by atoms with E-state index in [1.165, 1.54) is 12.1 Å². The van der Waals surface area contributed by atoms with Crippen molar-refractivity contribution < 1.29 is 18.7 Å². The molecular formula is C23H27ClFN3O3. The third-order valence-corrected chi connectivity index (χ3v) is 5.34. The van der Waals surface area contributed by atoms with Crippen LogP contribution in [0.3, 0.4) is 0 Å². The Balaban J connectivity index is 1.85. The van der Waals surface area contributed by atoms with Gasteiger partial charge in [-0.3, -0.25) is 4.79 Å². The first-order chi connectivity index (χ1) is 14.6. The highest BCUT2D eigenvalue weighted by Gasteiger charge is 2.27. The molecule has 2 aromatic rings. The highest BCUT2D eigenvalue weighted by Crippen LogP contribution is 2.37. The van der Waals surface area contributed by atoms with Crippen molar-refractivity contribution in [3.8, 4) is 11.1 Å². The number of pyridine rings is 1. The van der Waals surface area contributed by atoms with E-state index in [1.807, 2.05) is 38.7 Å². The number of carbonyl (C=O) groups is 2. The molecule has 8 heteroatoms. The molecule has 3 rings (SSSR count). The SMILES string of the molecule is Cc1cc(F)cc(-c2cnc(Cl)c(C=O)c2N2CCC(NC(=O)OC(C)(C)C)CC2)c1. The van der Waals surface area contributed by atoms with Gasteiger partial charge in [0.2, 0.25) is 0 Å². The number of anilines is 1. The molecule has 6 nitrogen and oxygen atoms in total. The van der Waals surface area contributed by atoms with Crippen molar-refractivity contribution in [2.45, 2.75) is 52.2 Å². The molecule has 1 aliphatic heterocycles. The Kier molecular flexibility index (Phi) is 6.84. The van der Waals surface area contributed by atoms with Gasteiger partial charge >= 0.3 is 6.09 Å². The number of benzene rings is 1. The second kappa shape index (κ2) is 9.22. The number of carbonyl (C=O) groups excluding carboxylic acids is 2. The maximum atomic E-state index is 14.1. The molecule has 0 unspecified atom stereocenters. The summed E-state index contributed by atoms with van der Waals surface area (Å²) < 4.78 is 19.4. The zero-order valence-corrected chi connectivity index (χ0v) is 18.9. The maximum absolute atomic E-state index is 14.1. The van der Waals surface area contributed by atoms with Crippen LogP contribution in [0.5, 0.6) is 0 Å². The molecule has 0 bridgehead atoms. The standard InChI is InChI=1S/C23H27ClFN3O3/c1-14-9-15(11-16(25)10-14)18-12-26-21(24)19(13-29)20(18)28-7-5-17(6-8-28)27-22(30)31-23(2,3)4/h9-13,17H,5-8H2,1-4H3,(H,27,30). The number of aryl methyl sites for hydroxylation is 1. The van der Waals surface area contributed by atoms with Crippen LogP contribution in [0.4, 0.5) is 14.9 Å². The van der Waals surface area contributed by atoms with E-state index < -0.39 is 11.7 Å². The Morgan fingerprint density at radius 2 is 1.97 bits per heavy atom. The molecule has 1 aliphatic rings. The highest BCUT2D eigenvalue weighted by molar-refractivity contribution is 6.32. The summed E-state index contributed by atoms with van der Waals surface area (Å²) in [5.41, 5.74) is 2.40. The third-order valence-electron chi connectivity index (χ3n) is 5.04. The van der Waals surface area contributed by atoms with Crippen LogP contribution in [0.25, 0.3) is 11.1 Å². The van der Waals surface area contributed by atoms with Crippen molar-refractivity contribution in [3.63, 3.8) is 0 Å². The molecule has 1 N–H and O–H groups in total. The number of aldehydes is 1. The quantitative estimate of drug-likeness (QED) is 0.518. The molecule has 2 heterocycles. The number of hydrogen-bond donors (Lipinski definition) is 1. The smallest absolute Gasteiger partial charge is 0.407 e. The number of aromatic nitrogens is 1. The summed E-state index contributed by atoms with van der Waals surface area (Å²) in [5.74, 6) is -0.358. The molecule has 0 aliphatic carbocycles. The molecule has 1 amide bonds. The lowest BCUT2D eigenvalue weighted by molar-refractivity contribution is 0.0497. The van der Waals surface area contributed by atoms with E-state index in [1.54, 1.807) is 6.20 Å². The first-order valence-corrected chi connectivity index (χ1v) is 10.6. The molecule has 0 radical (unpaired) electrons. The molecule has 31 heavy (non-hydrogen) atoms. The summed E-state index contributed by atoms with van der Waals surface area (Å²) >= 11 is 6.21. The van der Waals surface area contributed by atoms with Gasteiger partial charge in [0.15, 0.2) is 6.29 Å². The van der Waals surface area contributed by atoms with Crippen LogP contribution < -0.4 is 10.2 Å². The van der Waals surface area contributed by atoms with Gasteiger partial charge in [-0.15, -0.1) is 0 Å². The molecule has 1 fully saturated rings. The van der Waals surface area contributed by atoms with Gasteiger partial charge in [-0.05, 0) is 63.8 Å². The summed E-state index contributed by atoms with van der Waals surface area (Å²) in [6, 6.07) is 4.68. The number of piperidine rings is 1. The summed E-state index contributed by atoms with van der Waals surface area (Å²) in [6.45, 7) is 8.44. The summed E-state index contributed by atoms with van der Waals surface area (Å²) in [6.07, 6.45) is 3.15. The van der Waals surface area contributed by atoms with Gasteiger partial charge in [-0.25, -0.2) is 14.2 Å². The second-order valence-electron chi connectivity index (χ2n) is 8.77. The van der Waals surface area contributed by atoms with E-state index in [2.05, 4.69) is 10.3 Å². The van der Waals surface area contributed by atoms with Crippen molar-refractivity contribution in [2.75, 3.05) is 18.0 Å². The Morgan fingerprint density at radius 1 is 1.29 bits per heavy atom. The largest absolute Gasteiger partial charge is 0.444 e. The normalized spacial score (nSPS) is 15.0. The minimum atomic E-state index is -0.560. The van der Waals surface area contributed by atoms with Gasteiger partial charge in [-0.2, -0.15) is 0 Å². The van der Waals surface area contributed by atoms with Crippen LogP contribution in [-0.4, -0.2) is 42.1 Å². The number of nitrogens with one attached hydrogen (secondary N) is 1. The van der Waals surface area contributed by atoms with Gasteiger partial charge in [0.1, 0.15) is 16.6 Å². The lowest BCUT2D eigenvalue weighted by Gasteiger charge is -2.36. The van der Waals surface area contributed by atoms with Crippen LogP contribution in [-0.2, 0) is 4.74 Å². The fourth-order valence-electron chi connectivity index (χ4n) is 3.76. The molecular weight excluding hydrogens is 421 g/mol. The van der Waals surface area contributed by atoms with E-state index in [9.17, 15) is 14.0 Å². The third kappa shape index (κ3) is 5.73. The van der Waals surface area contributed by atoms with Crippen LogP contribution in [0.15, 0.2) is 24.4 Å². The average Bonchev–Trinajstić information content (AvgIpc) is 2.66. The lowest BCUT2D eigenvalue weighted by atomic mass is 9.97. The monoisotopic (exact) mass is 447 g/mol.